The summed E-state index contributed by atoms with van der Waals surface area (Å²) in [5.74, 6) is 0.127. The Kier molecular flexibility index (Phi) is 7.69. The lowest BCUT2D eigenvalue weighted by molar-refractivity contribution is 0.585. The molecule has 0 atom stereocenters. The van der Waals surface area contributed by atoms with Crippen molar-refractivity contribution in [2.24, 2.45) is 0 Å². The fourth-order valence-electron chi connectivity index (χ4n) is 4.21. The van der Waals surface area contributed by atoms with Crippen LogP contribution in [0.15, 0.2) is 64.9 Å². The third kappa shape index (κ3) is 5.34. The molecule has 0 radical (unpaired) electrons. The first-order valence-corrected chi connectivity index (χ1v) is 14.5. The quantitative estimate of drug-likeness (QED) is 0.231. The van der Waals surface area contributed by atoms with Crippen LogP contribution in [0, 0.1) is 6.92 Å². The highest BCUT2D eigenvalue weighted by Crippen LogP contribution is 2.43. The molecular formula is C28H32N2O2S2. The summed E-state index contributed by atoms with van der Waals surface area (Å²) in [7, 11) is -3.47. The van der Waals surface area contributed by atoms with Gasteiger partial charge in [0.1, 0.15) is 9.04 Å². The normalized spacial score (nSPS) is 11.8. The lowest BCUT2D eigenvalue weighted by Gasteiger charge is -2.09. The van der Waals surface area contributed by atoms with E-state index in [1.807, 2.05) is 48.5 Å². The molecule has 0 aliphatic rings. The average molecular weight is 493 g/mol. The largest absolute Gasteiger partial charge is 0.396 e. The van der Waals surface area contributed by atoms with E-state index >= 15 is 0 Å². The van der Waals surface area contributed by atoms with Gasteiger partial charge in [0.25, 0.3) is 0 Å². The molecule has 0 spiro atoms. The van der Waals surface area contributed by atoms with Crippen LogP contribution in [0.2, 0.25) is 0 Å². The van der Waals surface area contributed by atoms with Gasteiger partial charge in [-0.3, -0.25) is 0 Å². The van der Waals surface area contributed by atoms with Crippen molar-refractivity contribution < 1.29 is 8.42 Å². The van der Waals surface area contributed by atoms with Crippen molar-refractivity contribution in [3.05, 3.63) is 66.2 Å². The van der Waals surface area contributed by atoms with E-state index in [1.165, 1.54) is 29.7 Å². The van der Waals surface area contributed by atoms with E-state index in [9.17, 15) is 8.42 Å². The number of fused-ring (bicyclic) bond motifs is 1. The fourth-order valence-corrected chi connectivity index (χ4v) is 7.27. The molecule has 2 aromatic carbocycles. The fraction of sp³-hybridized carbons (Fsp3) is 0.321. The molecule has 0 fully saturated rings. The van der Waals surface area contributed by atoms with E-state index in [-0.39, 0.29) is 9.96 Å². The van der Waals surface area contributed by atoms with Crippen molar-refractivity contribution in [2.75, 3.05) is 11.5 Å². The highest BCUT2D eigenvalue weighted by molar-refractivity contribution is 7.93. The van der Waals surface area contributed by atoms with Crippen molar-refractivity contribution in [3.8, 4) is 22.4 Å². The minimum Gasteiger partial charge on any atom is -0.396 e. The summed E-state index contributed by atoms with van der Waals surface area (Å²) in [5.41, 5.74) is 11.7. The zero-order valence-corrected chi connectivity index (χ0v) is 21.5. The highest BCUT2D eigenvalue weighted by atomic mass is 32.2. The van der Waals surface area contributed by atoms with Gasteiger partial charge in [0.2, 0.25) is 0 Å². The number of hydrogen-bond donors (Lipinski definition) is 1. The molecule has 2 N–H and O–H groups in total. The second-order valence-corrected chi connectivity index (χ2v) is 12.2. The van der Waals surface area contributed by atoms with Gasteiger partial charge in [0.05, 0.1) is 17.1 Å². The molecule has 2 aromatic heterocycles. The SMILES string of the molecule is CCCCCCCCS(=O)(=O)c1sc2nc(-c3ccc(C)cc3)cc(-c3ccccc3)c2c1N. The van der Waals surface area contributed by atoms with Crippen LogP contribution in [0.4, 0.5) is 5.69 Å². The van der Waals surface area contributed by atoms with Gasteiger partial charge in [-0.05, 0) is 30.5 Å². The standard InChI is InChI=1S/C28H32N2O2S2/c1-3-4-5-6-7-11-18-34(31,32)28-26(29)25-23(21-12-9-8-10-13-21)19-24(30-27(25)33-28)22-16-14-20(2)15-17-22/h8-10,12-17,19H,3-7,11,18,29H2,1-2H3. The molecule has 0 bridgehead atoms. The van der Waals surface area contributed by atoms with Crippen molar-refractivity contribution in [1.82, 2.24) is 4.98 Å². The summed E-state index contributed by atoms with van der Waals surface area (Å²) >= 11 is 1.20. The van der Waals surface area contributed by atoms with Crippen molar-refractivity contribution in [1.29, 1.82) is 0 Å². The smallest absolute Gasteiger partial charge is 0.189 e. The summed E-state index contributed by atoms with van der Waals surface area (Å²) in [6.45, 7) is 4.23. The number of rotatable bonds is 10. The number of unbranched alkanes of at least 4 members (excludes halogenated alkanes) is 5. The molecule has 178 valence electrons. The Labute approximate surface area is 206 Å². The first-order valence-electron chi connectivity index (χ1n) is 12.0. The zero-order valence-electron chi connectivity index (χ0n) is 19.9. The number of aryl methyl sites for hydroxylation is 1. The number of thiophene rings is 1. The van der Waals surface area contributed by atoms with Gasteiger partial charge in [0.15, 0.2) is 9.84 Å². The summed E-state index contributed by atoms with van der Waals surface area (Å²) in [6, 6.07) is 20.2. The van der Waals surface area contributed by atoms with Gasteiger partial charge in [-0.2, -0.15) is 0 Å². The predicted octanol–water partition coefficient (Wildman–Crippen LogP) is 7.66. The van der Waals surface area contributed by atoms with Gasteiger partial charge in [-0.15, -0.1) is 11.3 Å². The van der Waals surface area contributed by atoms with Crippen LogP contribution in [0.1, 0.15) is 51.0 Å². The molecule has 2 heterocycles. The van der Waals surface area contributed by atoms with Crippen LogP contribution in [-0.2, 0) is 9.84 Å². The lowest BCUT2D eigenvalue weighted by atomic mass is 10.00. The first kappa shape index (κ1) is 24.4. The van der Waals surface area contributed by atoms with Crippen LogP contribution in [0.25, 0.3) is 32.6 Å². The molecular weight excluding hydrogens is 460 g/mol. The number of nitrogens with zero attached hydrogens (tertiary/aromatic N) is 1. The van der Waals surface area contributed by atoms with Gasteiger partial charge in [-0.25, -0.2) is 13.4 Å². The van der Waals surface area contributed by atoms with Crippen molar-refractivity contribution in [2.45, 2.75) is 56.6 Å². The maximum Gasteiger partial charge on any atom is 0.189 e. The maximum atomic E-state index is 13.3. The van der Waals surface area contributed by atoms with Crippen molar-refractivity contribution >= 4 is 37.1 Å². The Balaban J connectivity index is 1.76. The van der Waals surface area contributed by atoms with E-state index in [1.54, 1.807) is 0 Å². The summed E-state index contributed by atoms with van der Waals surface area (Å²) in [5, 5.41) is 0.730. The highest BCUT2D eigenvalue weighted by Gasteiger charge is 2.25. The third-order valence-corrected chi connectivity index (χ3v) is 9.66. The molecule has 0 aliphatic heterocycles. The molecule has 0 saturated heterocycles. The number of anilines is 1. The second kappa shape index (κ2) is 10.7. The van der Waals surface area contributed by atoms with Gasteiger partial charge in [0, 0.05) is 10.9 Å². The van der Waals surface area contributed by atoms with Gasteiger partial charge >= 0.3 is 0 Å². The molecule has 0 aliphatic carbocycles. The van der Waals surface area contributed by atoms with Gasteiger partial charge in [-0.1, -0.05) is 99.2 Å². The Morgan fingerprint density at radius 2 is 1.56 bits per heavy atom. The van der Waals surface area contributed by atoms with Crippen LogP contribution in [0.3, 0.4) is 0 Å². The van der Waals surface area contributed by atoms with Crippen LogP contribution < -0.4 is 5.73 Å². The van der Waals surface area contributed by atoms with Crippen LogP contribution in [-0.4, -0.2) is 19.2 Å². The summed E-state index contributed by atoms with van der Waals surface area (Å²) in [6.07, 6.45) is 6.20. The zero-order chi connectivity index (χ0) is 24.1. The van der Waals surface area contributed by atoms with E-state index in [0.29, 0.717) is 16.9 Å². The Morgan fingerprint density at radius 1 is 0.882 bits per heavy atom. The maximum absolute atomic E-state index is 13.3. The summed E-state index contributed by atoms with van der Waals surface area (Å²) < 4.78 is 26.8. The third-order valence-electron chi connectivity index (χ3n) is 6.15. The number of nitrogen functional groups attached to an aromatic ring is 1. The van der Waals surface area contributed by atoms with Crippen molar-refractivity contribution in [3.63, 3.8) is 0 Å². The van der Waals surface area contributed by atoms with E-state index in [2.05, 4.69) is 26.0 Å². The predicted molar refractivity (Wildman–Crippen MR) is 145 cm³/mol. The number of benzene rings is 2. The number of pyridine rings is 1. The van der Waals surface area contributed by atoms with Crippen LogP contribution in [0.5, 0.6) is 0 Å². The number of aromatic nitrogens is 1. The number of sulfone groups is 1. The first-order chi connectivity index (χ1) is 16.4. The number of hydrogen-bond acceptors (Lipinski definition) is 5. The molecule has 4 rings (SSSR count). The molecule has 0 unspecified atom stereocenters. The van der Waals surface area contributed by atoms with E-state index < -0.39 is 9.84 Å². The second-order valence-electron chi connectivity index (χ2n) is 8.86. The topological polar surface area (TPSA) is 73.0 Å². The Hall–Kier alpha value is -2.70. The van der Waals surface area contributed by atoms with Crippen LogP contribution >= 0.6 is 11.3 Å². The van der Waals surface area contributed by atoms with E-state index in [4.69, 9.17) is 10.7 Å². The Bertz CT molecular complexity index is 1360. The number of nitrogens with two attached hydrogens (primary N) is 1. The molecule has 4 aromatic rings. The molecule has 0 amide bonds. The Morgan fingerprint density at radius 3 is 2.26 bits per heavy atom. The minimum atomic E-state index is -3.47. The van der Waals surface area contributed by atoms with Gasteiger partial charge < -0.3 is 5.73 Å². The molecule has 4 nitrogen and oxygen atoms in total. The summed E-state index contributed by atoms with van der Waals surface area (Å²) in [4.78, 5) is 5.52. The average Bonchev–Trinajstić information content (AvgIpc) is 3.19. The molecule has 0 saturated carbocycles. The monoisotopic (exact) mass is 492 g/mol. The molecule has 6 heteroatoms. The molecule has 34 heavy (non-hydrogen) atoms. The lowest BCUT2D eigenvalue weighted by Crippen LogP contribution is -2.07. The van der Waals surface area contributed by atoms with E-state index in [0.717, 1.165) is 47.0 Å². The minimum absolute atomic E-state index is 0.127.